The molecule has 2 aromatic rings. The molecule has 2 aromatic heterocycles. The molecule has 0 aromatic carbocycles. The fraction of sp³-hybridized carbons (Fsp3) is 0.667. The largest absolute Gasteiger partial charge is 0.425 e. The van der Waals surface area contributed by atoms with Crippen molar-refractivity contribution < 1.29 is 17.9 Å². The number of piperidine rings is 1. The number of ether oxygens (including phenoxy) is 1. The highest BCUT2D eigenvalue weighted by molar-refractivity contribution is 7.12. The Hall–Kier alpha value is -1.45. The van der Waals surface area contributed by atoms with E-state index in [0.717, 1.165) is 21.9 Å². The number of fused-ring (bicyclic) bond motifs is 2. The highest BCUT2D eigenvalue weighted by Crippen LogP contribution is 2.54. The smallest absolute Gasteiger partial charge is 0.369 e. The third-order valence-corrected chi connectivity index (χ3v) is 7.01. The summed E-state index contributed by atoms with van der Waals surface area (Å²) in [6, 6.07) is 1.27. The highest BCUT2D eigenvalue weighted by Gasteiger charge is 2.51. The molecular weight excluding hydrogens is 377 g/mol. The second-order valence-electron chi connectivity index (χ2n) is 8.36. The van der Waals surface area contributed by atoms with Crippen molar-refractivity contribution in [2.45, 2.75) is 62.9 Å². The number of hydrogen-bond acceptors (Lipinski definition) is 5. The van der Waals surface area contributed by atoms with Gasteiger partial charge in [0, 0.05) is 36.0 Å². The van der Waals surface area contributed by atoms with E-state index in [-0.39, 0.29) is 12.1 Å². The van der Waals surface area contributed by atoms with Crippen LogP contribution in [0.5, 0.6) is 0 Å². The molecule has 0 saturated carbocycles. The third kappa shape index (κ3) is 3.19. The van der Waals surface area contributed by atoms with Crippen molar-refractivity contribution in [3.63, 3.8) is 0 Å². The van der Waals surface area contributed by atoms with Crippen LogP contribution in [-0.2, 0) is 29.0 Å². The minimum atomic E-state index is -4.35. The summed E-state index contributed by atoms with van der Waals surface area (Å²) in [7, 11) is 1.80. The molecule has 148 valence electrons. The van der Waals surface area contributed by atoms with Crippen LogP contribution in [0.1, 0.15) is 60.7 Å². The number of aromatic nitrogens is 3. The van der Waals surface area contributed by atoms with Gasteiger partial charge in [0.05, 0.1) is 23.9 Å². The number of rotatable bonds is 1. The first kappa shape index (κ1) is 18.9. The predicted octanol–water partition coefficient (Wildman–Crippen LogP) is 3.91. The Morgan fingerprint density at radius 1 is 1.33 bits per heavy atom. The van der Waals surface area contributed by atoms with Gasteiger partial charge in [0.1, 0.15) is 4.88 Å². The average Bonchev–Trinajstić information content (AvgIpc) is 3.18. The number of aryl methyl sites for hydroxylation is 1. The maximum Gasteiger partial charge on any atom is 0.425 e. The lowest BCUT2D eigenvalue weighted by atomic mass is 9.72. The molecule has 3 atom stereocenters. The van der Waals surface area contributed by atoms with Crippen molar-refractivity contribution >= 4 is 11.3 Å². The van der Waals surface area contributed by atoms with Crippen molar-refractivity contribution in [2.24, 2.45) is 7.05 Å². The monoisotopic (exact) mass is 400 g/mol. The van der Waals surface area contributed by atoms with Gasteiger partial charge in [-0.3, -0.25) is 4.68 Å². The van der Waals surface area contributed by atoms with E-state index >= 15 is 0 Å². The number of nitrogens with one attached hydrogen (secondary N) is 1. The number of halogens is 3. The van der Waals surface area contributed by atoms with E-state index in [4.69, 9.17) is 4.74 Å². The van der Waals surface area contributed by atoms with Crippen LogP contribution in [0.2, 0.25) is 0 Å². The molecule has 0 amide bonds. The lowest BCUT2D eigenvalue weighted by molar-refractivity contribution is -0.135. The zero-order valence-electron chi connectivity index (χ0n) is 15.7. The van der Waals surface area contributed by atoms with E-state index in [2.05, 4.69) is 15.6 Å². The normalized spacial score (nSPS) is 30.5. The van der Waals surface area contributed by atoms with Crippen LogP contribution in [0.15, 0.2) is 12.3 Å². The number of thiophene rings is 1. The standard InChI is InChI=1S/C18H23F3N4OS/c1-10-6-17(7-12(22-10)13-8-25(4)24-23-13)11-5-14(18(19,20)21)27-15(11)16(2,3)9-26-17/h5,8,10,12,22H,6-7,9H2,1-4H3/t10-,12-,17-/m0/s1. The van der Waals surface area contributed by atoms with Gasteiger partial charge in [-0.2, -0.15) is 13.2 Å². The maximum absolute atomic E-state index is 13.4. The first-order valence-electron chi connectivity index (χ1n) is 8.98. The van der Waals surface area contributed by atoms with Crippen molar-refractivity contribution in [1.29, 1.82) is 0 Å². The lowest BCUT2D eigenvalue weighted by Gasteiger charge is -2.49. The Kier molecular flexibility index (Phi) is 4.21. The molecule has 9 heteroatoms. The molecule has 0 radical (unpaired) electrons. The van der Waals surface area contributed by atoms with E-state index in [1.807, 2.05) is 27.0 Å². The zero-order chi connectivity index (χ0) is 19.6. The van der Waals surface area contributed by atoms with Crippen LogP contribution < -0.4 is 5.32 Å². The summed E-state index contributed by atoms with van der Waals surface area (Å²) >= 11 is 0.862. The molecule has 0 bridgehead atoms. The third-order valence-electron chi connectivity index (χ3n) is 5.46. The first-order valence-corrected chi connectivity index (χ1v) is 9.80. The van der Waals surface area contributed by atoms with E-state index in [1.165, 1.54) is 6.07 Å². The van der Waals surface area contributed by atoms with Crippen LogP contribution in [0.25, 0.3) is 0 Å². The molecule has 4 rings (SSSR count). The molecule has 1 fully saturated rings. The van der Waals surface area contributed by atoms with Crippen LogP contribution in [0.3, 0.4) is 0 Å². The van der Waals surface area contributed by atoms with Gasteiger partial charge in [-0.25, -0.2) is 0 Å². The van der Waals surface area contributed by atoms with Gasteiger partial charge >= 0.3 is 6.18 Å². The molecule has 0 aliphatic carbocycles. The van der Waals surface area contributed by atoms with Gasteiger partial charge in [-0.1, -0.05) is 19.1 Å². The SMILES string of the molecule is C[C@H]1C[C@@]2(C[C@@H](c3cn(C)nn3)N1)OCC(C)(C)c1sc(C(F)(F)F)cc12. The van der Waals surface area contributed by atoms with Crippen molar-refractivity contribution in [3.05, 3.63) is 33.3 Å². The molecule has 1 saturated heterocycles. The van der Waals surface area contributed by atoms with Crippen LogP contribution in [-0.4, -0.2) is 27.6 Å². The molecule has 27 heavy (non-hydrogen) atoms. The Morgan fingerprint density at radius 2 is 2.07 bits per heavy atom. The summed E-state index contributed by atoms with van der Waals surface area (Å²) in [4.78, 5) is 0.237. The molecule has 0 unspecified atom stereocenters. The Labute approximate surface area is 159 Å². The quantitative estimate of drug-likeness (QED) is 0.789. The lowest BCUT2D eigenvalue weighted by Crippen LogP contribution is -2.52. The van der Waals surface area contributed by atoms with Crippen molar-refractivity contribution in [3.8, 4) is 0 Å². The summed E-state index contributed by atoms with van der Waals surface area (Å²) in [5, 5.41) is 11.7. The van der Waals surface area contributed by atoms with Gasteiger partial charge < -0.3 is 10.1 Å². The van der Waals surface area contributed by atoms with Gasteiger partial charge in [0.25, 0.3) is 0 Å². The van der Waals surface area contributed by atoms with E-state index in [1.54, 1.807) is 11.7 Å². The van der Waals surface area contributed by atoms with Crippen molar-refractivity contribution in [2.75, 3.05) is 6.61 Å². The number of hydrogen-bond donors (Lipinski definition) is 1. The van der Waals surface area contributed by atoms with Crippen LogP contribution >= 0.6 is 11.3 Å². The summed E-state index contributed by atoms with van der Waals surface area (Å²) < 4.78 is 48.3. The van der Waals surface area contributed by atoms with Crippen molar-refractivity contribution in [1.82, 2.24) is 20.3 Å². The molecule has 2 aliphatic heterocycles. The minimum Gasteiger partial charge on any atom is -0.369 e. The Balaban J connectivity index is 1.79. The summed E-state index contributed by atoms with van der Waals surface area (Å²) in [5.74, 6) is 0. The molecule has 2 aliphatic rings. The molecule has 4 heterocycles. The van der Waals surface area contributed by atoms with Gasteiger partial charge in [-0.15, -0.1) is 16.4 Å². The predicted molar refractivity (Wildman–Crippen MR) is 95.6 cm³/mol. The summed E-state index contributed by atoms with van der Waals surface area (Å²) in [6.45, 7) is 6.32. The average molecular weight is 400 g/mol. The second kappa shape index (κ2) is 6.02. The number of alkyl halides is 3. The molecule has 1 N–H and O–H groups in total. The van der Waals surface area contributed by atoms with Gasteiger partial charge in [0.15, 0.2) is 0 Å². The van der Waals surface area contributed by atoms with E-state index in [9.17, 15) is 13.2 Å². The summed E-state index contributed by atoms with van der Waals surface area (Å²) in [5.41, 5.74) is 0.297. The fourth-order valence-electron chi connectivity index (χ4n) is 4.26. The summed E-state index contributed by atoms with van der Waals surface area (Å²) in [6.07, 6.45) is -1.35. The van der Waals surface area contributed by atoms with Gasteiger partial charge in [-0.05, 0) is 25.0 Å². The minimum absolute atomic E-state index is 0.0778. The topological polar surface area (TPSA) is 52.0 Å². The van der Waals surface area contributed by atoms with E-state index < -0.39 is 22.1 Å². The second-order valence-corrected chi connectivity index (χ2v) is 9.42. The maximum atomic E-state index is 13.4. The molecule has 1 spiro atoms. The Morgan fingerprint density at radius 3 is 2.70 bits per heavy atom. The van der Waals surface area contributed by atoms with Gasteiger partial charge in [0.2, 0.25) is 0 Å². The number of nitrogens with zero attached hydrogens (tertiary/aromatic N) is 3. The van der Waals surface area contributed by atoms with E-state index in [0.29, 0.717) is 25.0 Å². The van der Waals surface area contributed by atoms with Crippen LogP contribution in [0.4, 0.5) is 13.2 Å². The zero-order valence-corrected chi connectivity index (χ0v) is 16.5. The molecular formula is C18H23F3N4OS. The first-order chi connectivity index (χ1) is 12.5. The Bertz CT molecular complexity index is 859. The molecule has 5 nitrogen and oxygen atoms in total. The van der Waals surface area contributed by atoms with Crippen LogP contribution in [0, 0.1) is 0 Å². The highest BCUT2D eigenvalue weighted by atomic mass is 32.1. The fourth-order valence-corrected chi connectivity index (χ4v) is 5.46.